The molecule has 1 aromatic carbocycles. The van der Waals surface area contributed by atoms with E-state index < -0.39 is 10.1 Å². The van der Waals surface area contributed by atoms with E-state index in [0.717, 1.165) is 20.6 Å². The highest BCUT2D eigenvalue weighted by molar-refractivity contribution is 8.03. The van der Waals surface area contributed by atoms with Crippen molar-refractivity contribution in [2.75, 3.05) is 17.2 Å². The first-order valence-corrected chi connectivity index (χ1v) is 13.0. The van der Waals surface area contributed by atoms with Crippen molar-refractivity contribution in [2.24, 2.45) is 7.05 Å². The average Bonchev–Trinajstić information content (AvgIpc) is 3.21. The van der Waals surface area contributed by atoms with Crippen LogP contribution < -0.4 is 9.47 Å². The Morgan fingerprint density at radius 3 is 2.79 bits per heavy atom. The van der Waals surface area contributed by atoms with E-state index in [1.807, 2.05) is 18.2 Å². The van der Waals surface area contributed by atoms with Gasteiger partial charge in [0.25, 0.3) is 20.0 Å². The number of aromatic nitrogens is 1. The minimum Gasteiger partial charge on any atom is -0.335 e. The third-order valence-corrected chi connectivity index (χ3v) is 8.92. The zero-order chi connectivity index (χ0) is 20.1. The molecule has 0 radical (unpaired) electrons. The molecule has 0 bridgehead atoms. The Kier molecular flexibility index (Phi) is 5.49. The van der Waals surface area contributed by atoms with Crippen molar-refractivity contribution in [2.45, 2.75) is 18.2 Å². The number of hydrogen-bond donors (Lipinski definition) is 1. The van der Waals surface area contributed by atoms with Crippen LogP contribution in [0.3, 0.4) is 0 Å². The minimum atomic E-state index is -3.98. The second-order valence-electron chi connectivity index (χ2n) is 6.51. The van der Waals surface area contributed by atoms with E-state index in [-0.39, 0.29) is 5.75 Å². The third kappa shape index (κ3) is 4.10. The lowest BCUT2D eigenvalue weighted by Crippen LogP contribution is -2.29. The van der Waals surface area contributed by atoms with Crippen molar-refractivity contribution >= 4 is 77.4 Å². The molecule has 1 N–H and O–H groups in total. The molecule has 0 saturated heterocycles. The standard InChI is InChI=1S/C18H17ClN2O3S4/c1-11-8-15-18(25-11)20(2)16(27-15)10-17-21(6-3-7-28(22,23)24)13-9-12(19)4-5-14(13)26-17/h4-5,8-10H,3,6-7H2,1-2H3/p+1. The van der Waals surface area contributed by atoms with E-state index >= 15 is 0 Å². The maximum absolute atomic E-state index is 11.1. The van der Waals surface area contributed by atoms with E-state index in [4.69, 9.17) is 16.2 Å². The van der Waals surface area contributed by atoms with Crippen LogP contribution in [0.15, 0.2) is 34.2 Å². The van der Waals surface area contributed by atoms with Crippen molar-refractivity contribution in [3.05, 3.63) is 44.2 Å². The summed E-state index contributed by atoms with van der Waals surface area (Å²) in [5, 5.41) is 2.79. The predicted octanol–water partition coefficient (Wildman–Crippen LogP) is 4.94. The molecule has 0 saturated carbocycles. The highest BCUT2D eigenvalue weighted by atomic mass is 35.5. The first kappa shape index (κ1) is 20.2. The second kappa shape index (κ2) is 7.62. The topological polar surface area (TPSA) is 61.5 Å². The minimum absolute atomic E-state index is 0.265. The summed E-state index contributed by atoms with van der Waals surface area (Å²) in [7, 11) is -1.92. The number of thiazole rings is 1. The van der Waals surface area contributed by atoms with Gasteiger partial charge < -0.3 is 4.90 Å². The summed E-state index contributed by atoms with van der Waals surface area (Å²) in [6, 6.07) is 7.94. The van der Waals surface area contributed by atoms with Gasteiger partial charge in [-0.3, -0.25) is 4.55 Å². The molecule has 1 aliphatic rings. The molecule has 1 aliphatic heterocycles. The molecule has 5 nitrogen and oxygen atoms in total. The van der Waals surface area contributed by atoms with E-state index in [0.29, 0.717) is 18.0 Å². The number of nitrogens with zero attached hydrogens (tertiary/aromatic N) is 2. The molecule has 0 unspecified atom stereocenters. The maximum atomic E-state index is 11.1. The van der Waals surface area contributed by atoms with E-state index in [1.165, 1.54) is 14.4 Å². The van der Waals surface area contributed by atoms with Crippen LogP contribution in [0.1, 0.15) is 16.3 Å². The summed E-state index contributed by atoms with van der Waals surface area (Å²) in [6.45, 7) is 2.59. The van der Waals surface area contributed by atoms with Crippen LogP contribution >= 0.6 is 46.0 Å². The normalized spacial score (nSPS) is 15.7. The average molecular weight is 474 g/mol. The number of thiophene rings is 1. The zero-order valence-corrected chi connectivity index (χ0v) is 19.2. The quantitative estimate of drug-likeness (QED) is 0.420. The highest BCUT2D eigenvalue weighted by Crippen LogP contribution is 2.48. The molecular formula is C18H18ClN2O3S4+. The maximum Gasteiger partial charge on any atom is 0.280 e. The second-order valence-corrected chi connectivity index (χ2v) is 11.9. The number of rotatable bonds is 5. The van der Waals surface area contributed by atoms with Crippen molar-refractivity contribution in [1.29, 1.82) is 0 Å². The van der Waals surface area contributed by atoms with Crippen molar-refractivity contribution in [1.82, 2.24) is 0 Å². The number of benzene rings is 1. The molecule has 0 spiro atoms. The Labute approximate surface area is 181 Å². The van der Waals surface area contributed by atoms with Crippen LogP contribution in [-0.4, -0.2) is 25.3 Å². The van der Waals surface area contributed by atoms with E-state index in [2.05, 4.69) is 35.6 Å². The van der Waals surface area contributed by atoms with Crippen LogP contribution in [-0.2, 0) is 17.2 Å². The summed E-state index contributed by atoms with van der Waals surface area (Å²) >= 11 is 11.3. The van der Waals surface area contributed by atoms with E-state index in [1.54, 1.807) is 34.4 Å². The lowest BCUT2D eigenvalue weighted by molar-refractivity contribution is -0.640. The molecule has 148 valence electrons. The molecule has 2 aromatic heterocycles. The number of aryl methyl sites for hydroxylation is 2. The Morgan fingerprint density at radius 1 is 1.29 bits per heavy atom. The predicted molar refractivity (Wildman–Crippen MR) is 119 cm³/mol. The molecule has 3 aromatic rings. The molecule has 0 amide bonds. The summed E-state index contributed by atoms with van der Waals surface area (Å²) in [5.74, 6) is -0.265. The third-order valence-electron chi connectivity index (χ3n) is 4.38. The molecule has 3 heterocycles. The van der Waals surface area contributed by atoms with Gasteiger partial charge in [-0.05, 0) is 37.6 Å². The van der Waals surface area contributed by atoms with Crippen molar-refractivity contribution in [3.63, 3.8) is 0 Å². The summed E-state index contributed by atoms with van der Waals surface area (Å²) in [6.07, 6.45) is 2.46. The fourth-order valence-electron chi connectivity index (χ4n) is 3.12. The van der Waals surface area contributed by atoms with Gasteiger partial charge in [0.05, 0.1) is 22.5 Å². The molecule has 4 rings (SSSR count). The van der Waals surface area contributed by atoms with E-state index in [9.17, 15) is 8.42 Å². The lowest BCUT2D eigenvalue weighted by atomic mass is 10.3. The number of anilines is 1. The van der Waals surface area contributed by atoms with Gasteiger partial charge in [-0.1, -0.05) is 46.0 Å². The van der Waals surface area contributed by atoms with Gasteiger partial charge in [-0.15, -0.1) is 0 Å². The number of halogens is 1. The fourth-order valence-corrected chi connectivity index (χ4v) is 7.30. The Bertz CT molecular complexity index is 1200. The first-order chi connectivity index (χ1) is 13.2. The number of fused-ring (bicyclic) bond motifs is 2. The molecule has 0 fully saturated rings. The first-order valence-electron chi connectivity index (χ1n) is 8.52. The lowest BCUT2D eigenvalue weighted by Gasteiger charge is -2.20. The highest BCUT2D eigenvalue weighted by Gasteiger charge is 2.28. The van der Waals surface area contributed by atoms with Gasteiger partial charge in [-0.25, -0.2) is 0 Å². The Morgan fingerprint density at radius 2 is 2.07 bits per heavy atom. The molecule has 0 aliphatic carbocycles. The van der Waals surface area contributed by atoms with Gasteiger partial charge in [0.15, 0.2) is 0 Å². The largest absolute Gasteiger partial charge is 0.335 e. The fraction of sp³-hybridized carbons (Fsp3) is 0.278. The molecule has 10 heteroatoms. The van der Waals surface area contributed by atoms with Crippen molar-refractivity contribution < 1.29 is 17.5 Å². The number of thioether (sulfide) groups is 1. The van der Waals surface area contributed by atoms with Gasteiger partial charge >= 0.3 is 0 Å². The van der Waals surface area contributed by atoms with Crippen LogP contribution in [0.2, 0.25) is 5.02 Å². The molecule has 0 atom stereocenters. The summed E-state index contributed by atoms with van der Waals surface area (Å²) in [5.41, 5.74) is 0.968. The smallest absolute Gasteiger partial charge is 0.280 e. The summed E-state index contributed by atoms with van der Waals surface area (Å²) < 4.78 is 34.7. The van der Waals surface area contributed by atoms with Crippen LogP contribution in [0, 0.1) is 6.92 Å². The summed E-state index contributed by atoms with van der Waals surface area (Å²) in [4.78, 5) is 5.70. The van der Waals surface area contributed by atoms with Crippen LogP contribution in [0.25, 0.3) is 15.6 Å². The van der Waals surface area contributed by atoms with Crippen molar-refractivity contribution in [3.8, 4) is 0 Å². The molecule has 28 heavy (non-hydrogen) atoms. The van der Waals surface area contributed by atoms with Gasteiger partial charge in [0.2, 0.25) is 0 Å². The van der Waals surface area contributed by atoms with Gasteiger partial charge in [0, 0.05) is 21.3 Å². The molecular weight excluding hydrogens is 456 g/mol. The Balaban J connectivity index is 1.69. The zero-order valence-electron chi connectivity index (χ0n) is 15.2. The number of hydrogen-bond acceptors (Lipinski definition) is 6. The van der Waals surface area contributed by atoms with Crippen LogP contribution in [0.5, 0.6) is 0 Å². The van der Waals surface area contributed by atoms with Gasteiger partial charge in [0.1, 0.15) is 11.7 Å². The monoisotopic (exact) mass is 473 g/mol. The van der Waals surface area contributed by atoms with Gasteiger partial charge in [-0.2, -0.15) is 13.0 Å². The SMILES string of the molecule is Cc1cc2sc(C=C3Sc4ccc(Cl)cc4N3CCCS(=O)(=O)O)[n+](C)c2s1. The van der Waals surface area contributed by atoms with Crippen LogP contribution in [0.4, 0.5) is 5.69 Å². The Hall–Kier alpha value is -1.10.